The van der Waals surface area contributed by atoms with Gasteiger partial charge in [0, 0.05) is 7.11 Å². The number of aliphatic imine (C=N–C) groups is 4. The van der Waals surface area contributed by atoms with Crippen LogP contribution in [-0.2, 0) is 4.74 Å². The van der Waals surface area contributed by atoms with Gasteiger partial charge in [0.15, 0.2) is 11.5 Å². The van der Waals surface area contributed by atoms with Gasteiger partial charge in [-0.25, -0.2) is 20.0 Å². The lowest BCUT2D eigenvalue weighted by Gasteiger charge is -2.22. The number of fused-ring (bicyclic) bond motifs is 1. The molecule has 2 N–H and O–H groups in total. The normalized spacial score (nSPS) is 31.4. The van der Waals surface area contributed by atoms with Gasteiger partial charge >= 0.3 is 5.85 Å². The molecule has 0 aromatic rings. The smallest absolute Gasteiger partial charge is 0.308 e. The van der Waals surface area contributed by atoms with Crippen LogP contribution in [0.1, 0.15) is 0 Å². The lowest BCUT2D eigenvalue weighted by molar-refractivity contribution is 0.0703. The maximum Gasteiger partial charge on any atom is 0.308 e. The zero-order valence-electron chi connectivity index (χ0n) is 6.43. The molecule has 6 heteroatoms. The molecule has 0 amide bonds. The van der Waals surface area contributed by atoms with Gasteiger partial charge < -0.3 is 10.5 Å². The summed E-state index contributed by atoms with van der Waals surface area (Å²) in [6, 6.07) is 0. The van der Waals surface area contributed by atoms with E-state index >= 15 is 0 Å². The van der Waals surface area contributed by atoms with Crippen LogP contribution in [0.4, 0.5) is 0 Å². The van der Waals surface area contributed by atoms with Gasteiger partial charge in [0.05, 0.1) is 0 Å². The molecule has 2 aliphatic rings. The summed E-state index contributed by atoms with van der Waals surface area (Å²) >= 11 is 0. The predicted molar refractivity (Wildman–Crippen MR) is 45.8 cm³/mol. The first-order valence-corrected chi connectivity index (χ1v) is 3.33. The molecule has 0 fully saturated rings. The van der Waals surface area contributed by atoms with Gasteiger partial charge in [-0.3, -0.25) is 0 Å². The molecular formula is C6H7N5O. The summed E-state index contributed by atoms with van der Waals surface area (Å²) in [6.45, 7) is 0. The Morgan fingerprint density at radius 3 is 2.58 bits per heavy atom. The van der Waals surface area contributed by atoms with Crippen molar-refractivity contribution >= 4 is 24.2 Å². The summed E-state index contributed by atoms with van der Waals surface area (Å²) in [7, 11) is 1.49. The van der Waals surface area contributed by atoms with E-state index < -0.39 is 5.85 Å². The molecule has 0 aromatic carbocycles. The minimum atomic E-state index is -1.06. The standard InChI is InChI=1S/C6H7N5O/c1-12-6-4(8-2-10-6)5(7)9-3-11-6/h2-3H,1H3,(H2,7,9,11). The summed E-state index contributed by atoms with van der Waals surface area (Å²) in [5.41, 5.74) is 6.00. The SMILES string of the molecule is COC12N=CN=C(N)C1=NC=N2. The Kier molecular flexibility index (Phi) is 1.31. The molecule has 1 atom stereocenters. The summed E-state index contributed by atoms with van der Waals surface area (Å²) in [4.78, 5) is 15.6. The topological polar surface area (TPSA) is 84.7 Å². The zero-order valence-corrected chi connectivity index (χ0v) is 6.43. The van der Waals surface area contributed by atoms with Gasteiger partial charge in [-0.15, -0.1) is 0 Å². The van der Waals surface area contributed by atoms with E-state index in [1.165, 1.54) is 19.8 Å². The van der Waals surface area contributed by atoms with Crippen molar-refractivity contribution in [1.82, 2.24) is 0 Å². The first-order valence-electron chi connectivity index (χ1n) is 3.33. The number of hydrogen-bond acceptors (Lipinski definition) is 6. The molecule has 0 saturated carbocycles. The fraction of sp³-hybridized carbons (Fsp3) is 0.333. The fourth-order valence-corrected chi connectivity index (χ4v) is 1.07. The van der Waals surface area contributed by atoms with Gasteiger partial charge in [0.2, 0.25) is 0 Å². The van der Waals surface area contributed by atoms with Crippen molar-refractivity contribution in [3.05, 3.63) is 0 Å². The molecule has 0 saturated heterocycles. The molecule has 0 spiro atoms. The van der Waals surface area contributed by atoms with E-state index in [1.807, 2.05) is 0 Å². The van der Waals surface area contributed by atoms with Crippen LogP contribution in [0.3, 0.4) is 0 Å². The highest BCUT2D eigenvalue weighted by Crippen LogP contribution is 2.22. The maximum atomic E-state index is 5.55. The second-order valence-corrected chi connectivity index (χ2v) is 2.29. The number of amidine groups is 1. The van der Waals surface area contributed by atoms with Crippen LogP contribution in [0, 0.1) is 0 Å². The summed E-state index contributed by atoms with van der Waals surface area (Å²) in [5, 5.41) is 0. The molecule has 0 aliphatic carbocycles. The lowest BCUT2D eigenvalue weighted by Crippen LogP contribution is -2.45. The predicted octanol–water partition coefficient (Wildman–Crippen LogP) is -0.831. The Morgan fingerprint density at radius 1 is 1.33 bits per heavy atom. The monoisotopic (exact) mass is 165 g/mol. The zero-order chi connectivity index (χ0) is 8.60. The molecule has 2 rings (SSSR count). The van der Waals surface area contributed by atoms with Crippen molar-refractivity contribution in [3.63, 3.8) is 0 Å². The molecule has 0 radical (unpaired) electrons. The van der Waals surface area contributed by atoms with Crippen molar-refractivity contribution < 1.29 is 4.74 Å². The highest BCUT2D eigenvalue weighted by molar-refractivity contribution is 6.47. The van der Waals surface area contributed by atoms with Crippen molar-refractivity contribution in [3.8, 4) is 0 Å². The molecule has 12 heavy (non-hydrogen) atoms. The third-order valence-electron chi connectivity index (χ3n) is 1.68. The first-order chi connectivity index (χ1) is 5.78. The number of methoxy groups -OCH3 is 1. The molecule has 2 aliphatic heterocycles. The van der Waals surface area contributed by atoms with E-state index in [9.17, 15) is 0 Å². The van der Waals surface area contributed by atoms with E-state index in [1.54, 1.807) is 0 Å². The molecule has 0 aromatic heterocycles. The largest absolute Gasteiger partial charge is 0.382 e. The second kappa shape index (κ2) is 2.21. The summed E-state index contributed by atoms with van der Waals surface area (Å²) in [6.07, 6.45) is 2.68. The van der Waals surface area contributed by atoms with Gasteiger partial charge in [-0.2, -0.15) is 0 Å². The highest BCUT2D eigenvalue weighted by Gasteiger charge is 2.41. The van der Waals surface area contributed by atoms with Crippen LogP contribution < -0.4 is 5.73 Å². The highest BCUT2D eigenvalue weighted by atomic mass is 16.5. The van der Waals surface area contributed by atoms with Crippen molar-refractivity contribution in [2.24, 2.45) is 25.7 Å². The Bertz CT molecular complexity index is 329. The number of rotatable bonds is 1. The third-order valence-corrected chi connectivity index (χ3v) is 1.68. The van der Waals surface area contributed by atoms with Crippen LogP contribution in [0.2, 0.25) is 0 Å². The Morgan fingerprint density at radius 2 is 2.00 bits per heavy atom. The van der Waals surface area contributed by atoms with E-state index in [0.29, 0.717) is 11.5 Å². The van der Waals surface area contributed by atoms with Gasteiger partial charge in [0.1, 0.15) is 12.7 Å². The number of nitrogens with zero attached hydrogens (tertiary/aromatic N) is 4. The molecule has 1 unspecified atom stereocenters. The van der Waals surface area contributed by atoms with E-state index in [4.69, 9.17) is 10.5 Å². The van der Waals surface area contributed by atoms with Crippen molar-refractivity contribution in [2.45, 2.75) is 5.85 Å². The minimum Gasteiger partial charge on any atom is -0.382 e. The fourth-order valence-electron chi connectivity index (χ4n) is 1.07. The van der Waals surface area contributed by atoms with Crippen molar-refractivity contribution in [1.29, 1.82) is 0 Å². The average molecular weight is 165 g/mol. The number of nitrogens with two attached hydrogens (primary N) is 1. The number of ether oxygens (including phenoxy) is 1. The first kappa shape index (κ1) is 7.11. The summed E-state index contributed by atoms with van der Waals surface area (Å²) < 4.78 is 5.09. The van der Waals surface area contributed by atoms with Crippen LogP contribution in [-0.4, -0.2) is 37.2 Å². The summed E-state index contributed by atoms with van der Waals surface area (Å²) in [5.74, 6) is -0.768. The van der Waals surface area contributed by atoms with Crippen LogP contribution >= 0.6 is 0 Å². The molecule has 6 nitrogen and oxygen atoms in total. The van der Waals surface area contributed by atoms with Crippen LogP contribution in [0.25, 0.3) is 0 Å². The second-order valence-electron chi connectivity index (χ2n) is 2.29. The van der Waals surface area contributed by atoms with Crippen LogP contribution in [0.15, 0.2) is 20.0 Å². The Labute approximate surface area is 68.6 Å². The minimum absolute atomic E-state index is 0.296. The molecule has 0 bridgehead atoms. The number of hydrogen-bond donors (Lipinski definition) is 1. The van der Waals surface area contributed by atoms with E-state index in [2.05, 4.69) is 20.0 Å². The molecule has 2 heterocycles. The van der Waals surface area contributed by atoms with Crippen LogP contribution in [0.5, 0.6) is 0 Å². The molecular weight excluding hydrogens is 158 g/mol. The van der Waals surface area contributed by atoms with Crippen molar-refractivity contribution in [2.75, 3.05) is 7.11 Å². The van der Waals surface area contributed by atoms with Gasteiger partial charge in [0.25, 0.3) is 0 Å². The average Bonchev–Trinajstić information content (AvgIpc) is 2.50. The van der Waals surface area contributed by atoms with Gasteiger partial charge in [-0.05, 0) is 0 Å². The maximum absolute atomic E-state index is 5.55. The Balaban J connectivity index is 2.49. The Hall–Kier alpha value is -1.56. The van der Waals surface area contributed by atoms with Gasteiger partial charge in [-0.1, -0.05) is 0 Å². The van der Waals surface area contributed by atoms with E-state index in [-0.39, 0.29) is 0 Å². The molecule has 62 valence electrons. The lowest BCUT2D eigenvalue weighted by atomic mass is 10.2. The van der Waals surface area contributed by atoms with E-state index in [0.717, 1.165) is 0 Å². The quantitative estimate of drug-likeness (QED) is 0.549. The third kappa shape index (κ3) is 0.722.